The van der Waals surface area contributed by atoms with Gasteiger partial charge in [0, 0.05) is 34.1 Å². The second-order valence-corrected chi connectivity index (χ2v) is 14.1. The number of hydrogen-bond donors (Lipinski definition) is 0. The van der Waals surface area contributed by atoms with Gasteiger partial charge < -0.3 is 0 Å². The van der Waals surface area contributed by atoms with E-state index >= 15 is 0 Å². The molecule has 258 valence electrons. The molecule has 0 saturated carbocycles. The van der Waals surface area contributed by atoms with Crippen molar-refractivity contribution in [3.8, 4) is 67.3 Å². The van der Waals surface area contributed by atoms with Gasteiger partial charge in [-0.15, -0.1) is 0 Å². The van der Waals surface area contributed by atoms with Crippen molar-refractivity contribution >= 4 is 32.3 Å². The summed E-state index contributed by atoms with van der Waals surface area (Å²) in [6.45, 7) is 2.06. The lowest BCUT2D eigenvalue weighted by Crippen LogP contribution is -1.97. The minimum Gasteiger partial charge on any atom is -0.261 e. The Morgan fingerprint density at radius 3 is 1.38 bits per heavy atom. The van der Waals surface area contributed by atoms with Gasteiger partial charge >= 0.3 is 0 Å². The van der Waals surface area contributed by atoms with Crippen LogP contribution in [0, 0.1) is 6.92 Å². The molecule has 0 N–H and O–H groups in total. The number of aryl methyl sites for hydroxylation is 1. The van der Waals surface area contributed by atoms with Crippen LogP contribution in [-0.2, 0) is 0 Å². The molecule has 2 aromatic heterocycles. The van der Waals surface area contributed by atoms with Crippen molar-refractivity contribution in [1.82, 2.24) is 15.0 Å². The van der Waals surface area contributed by atoms with E-state index in [1.807, 2.05) is 24.4 Å². The van der Waals surface area contributed by atoms with Crippen LogP contribution in [-0.4, -0.2) is 15.0 Å². The average molecular weight is 702 g/mol. The van der Waals surface area contributed by atoms with Crippen molar-refractivity contribution in [3.63, 3.8) is 0 Å². The highest BCUT2D eigenvalue weighted by molar-refractivity contribution is 6.25. The SMILES string of the molecule is Cc1ncccc1-c1cccc(-c2cc(-c3ccc4c5ccccc5c5ccccc5c4c3)cc(-c3nc(-c4ccccc4)cc(-c4ccccc4)n3)c2)c1. The van der Waals surface area contributed by atoms with Crippen LogP contribution in [0.1, 0.15) is 5.69 Å². The van der Waals surface area contributed by atoms with Gasteiger partial charge in [-0.25, -0.2) is 9.97 Å². The van der Waals surface area contributed by atoms with Crippen LogP contribution in [0.15, 0.2) is 194 Å². The van der Waals surface area contributed by atoms with Gasteiger partial charge in [-0.3, -0.25) is 4.98 Å². The van der Waals surface area contributed by atoms with E-state index in [1.165, 1.54) is 32.3 Å². The second kappa shape index (κ2) is 13.6. The molecule has 0 amide bonds. The highest BCUT2D eigenvalue weighted by atomic mass is 14.9. The normalized spacial score (nSPS) is 11.4. The Hall–Kier alpha value is -7.23. The largest absolute Gasteiger partial charge is 0.261 e. The lowest BCUT2D eigenvalue weighted by atomic mass is 9.90. The first-order chi connectivity index (χ1) is 27.2. The molecule has 10 aromatic rings. The summed E-state index contributed by atoms with van der Waals surface area (Å²) in [5.41, 5.74) is 12.5. The summed E-state index contributed by atoms with van der Waals surface area (Å²) >= 11 is 0. The van der Waals surface area contributed by atoms with Crippen LogP contribution < -0.4 is 0 Å². The first-order valence-corrected chi connectivity index (χ1v) is 18.7. The molecular formula is C52H35N3. The number of pyridine rings is 1. The zero-order chi connectivity index (χ0) is 36.7. The zero-order valence-corrected chi connectivity index (χ0v) is 30.3. The number of fused-ring (bicyclic) bond motifs is 6. The van der Waals surface area contributed by atoms with Gasteiger partial charge in [0.25, 0.3) is 0 Å². The second-order valence-electron chi connectivity index (χ2n) is 14.1. The first kappa shape index (κ1) is 32.4. The van der Waals surface area contributed by atoms with Gasteiger partial charge in [0.2, 0.25) is 0 Å². The van der Waals surface area contributed by atoms with Crippen molar-refractivity contribution < 1.29 is 0 Å². The van der Waals surface area contributed by atoms with Crippen LogP contribution in [0.25, 0.3) is 99.6 Å². The summed E-state index contributed by atoms with van der Waals surface area (Å²) in [6, 6.07) is 66.9. The Kier molecular flexibility index (Phi) is 8.04. The lowest BCUT2D eigenvalue weighted by molar-refractivity contribution is 1.18. The maximum atomic E-state index is 5.25. The Bertz CT molecular complexity index is 2950. The van der Waals surface area contributed by atoms with Crippen molar-refractivity contribution in [2.24, 2.45) is 0 Å². The Morgan fingerprint density at radius 2 is 0.782 bits per heavy atom. The minimum atomic E-state index is 0.680. The van der Waals surface area contributed by atoms with E-state index in [9.17, 15) is 0 Å². The molecule has 0 atom stereocenters. The molecule has 3 heteroatoms. The molecule has 10 rings (SSSR count). The van der Waals surface area contributed by atoms with Gasteiger partial charge in [-0.2, -0.15) is 0 Å². The highest BCUT2D eigenvalue weighted by Crippen LogP contribution is 2.40. The molecule has 3 nitrogen and oxygen atoms in total. The Balaban J connectivity index is 1.22. The number of nitrogens with zero attached hydrogens (tertiary/aromatic N) is 3. The lowest BCUT2D eigenvalue weighted by Gasteiger charge is -2.15. The van der Waals surface area contributed by atoms with Crippen LogP contribution in [0.5, 0.6) is 0 Å². The number of hydrogen-bond acceptors (Lipinski definition) is 3. The third kappa shape index (κ3) is 6.02. The number of benzene rings is 8. The molecule has 55 heavy (non-hydrogen) atoms. The zero-order valence-electron chi connectivity index (χ0n) is 30.3. The van der Waals surface area contributed by atoms with Crippen LogP contribution >= 0.6 is 0 Å². The number of rotatable bonds is 6. The molecule has 0 aliphatic carbocycles. The fourth-order valence-corrected chi connectivity index (χ4v) is 7.92. The molecule has 2 heterocycles. The van der Waals surface area contributed by atoms with Crippen molar-refractivity contribution in [3.05, 3.63) is 200 Å². The Labute approximate surface area is 320 Å². The molecule has 0 unspecified atom stereocenters. The van der Waals surface area contributed by atoms with Gasteiger partial charge in [0.05, 0.1) is 11.4 Å². The van der Waals surface area contributed by atoms with Gasteiger partial charge in [0.1, 0.15) is 0 Å². The van der Waals surface area contributed by atoms with Crippen LogP contribution in [0.2, 0.25) is 0 Å². The van der Waals surface area contributed by atoms with E-state index in [4.69, 9.17) is 9.97 Å². The molecular weight excluding hydrogens is 667 g/mol. The van der Waals surface area contributed by atoms with Crippen molar-refractivity contribution in [2.75, 3.05) is 0 Å². The summed E-state index contributed by atoms with van der Waals surface area (Å²) < 4.78 is 0. The quantitative estimate of drug-likeness (QED) is 0.162. The number of aromatic nitrogens is 3. The van der Waals surface area contributed by atoms with E-state index in [2.05, 4.69) is 182 Å². The summed E-state index contributed by atoms with van der Waals surface area (Å²) in [5.74, 6) is 0.680. The van der Waals surface area contributed by atoms with Gasteiger partial charge in [-0.05, 0) is 110 Å². The van der Waals surface area contributed by atoms with Crippen molar-refractivity contribution in [2.45, 2.75) is 6.92 Å². The molecule has 0 fully saturated rings. The van der Waals surface area contributed by atoms with Gasteiger partial charge in [0.15, 0.2) is 5.82 Å². The van der Waals surface area contributed by atoms with E-state index in [1.54, 1.807) is 0 Å². The van der Waals surface area contributed by atoms with E-state index < -0.39 is 0 Å². The average Bonchev–Trinajstić information content (AvgIpc) is 3.27. The summed E-state index contributed by atoms with van der Waals surface area (Å²) in [6.07, 6.45) is 1.85. The highest BCUT2D eigenvalue weighted by Gasteiger charge is 2.16. The predicted octanol–water partition coefficient (Wildman–Crippen LogP) is 13.6. The predicted molar refractivity (Wildman–Crippen MR) is 230 cm³/mol. The maximum Gasteiger partial charge on any atom is 0.160 e. The van der Waals surface area contributed by atoms with E-state index in [0.717, 1.165) is 67.2 Å². The van der Waals surface area contributed by atoms with Crippen LogP contribution in [0.3, 0.4) is 0 Å². The summed E-state index contributed by atoms with van der Waals surface area (Å²) in [5, 5.41) is 7.54. The minimum absolute atomic E-state index is 0.680. The molecule has 0 spiro atoms. The molecule has 0 bridgehead atoms. The van der Waals surface area contributed by atoms with Crippen molar-refractivity contribution in [1.29, 1.82) is 0 Å². The molecule has 0 aliphatic heterocycles. The molecule has 0 radical (unpaired) electrons. The van der Waals surface area contributed by atoms with Crippen LogP contribution in [0.4, 0.5) is 0 Å². The van der Waals surface area contributed by atoms with Gasteiger partial charge in [-0.1, -0.05) is 146 Å². The standard InChI is InChI=1S/C52H35N3/c1-34-43(24-13-27-53-34)39-19-12-18-37(28-39)40-29-41(38-25-26-48-46-22-9-8-20-44(46)45-21-10-11-23-47(45)49(48)32-38)31-42(30-40)52-54-50(35-14-4-2-5-15-35)33-51(55-52)36-16-6-3-7-17-36/h2-33H,1H3. The molecule has 0 aliphatic rings. The fourth-order valence-electron chi connectivity index (χ4n) is 7.92. The molecule has 8 aromatic carbocycles. The Morgan fingerprint density at radius 1 is 0.309 bits per heavy atom. The summed E-state index contributed by atoms with van der Waals surface area (Å²) in [7, 11) is 0. The monoisotopic (exact) mass is 701 g/mol. The topological polar surface area (TPSA) is 38.7 Å². The first-order valence-electron chi connectivity index (χ1n) is 18.7. The smallest absolute Gasteiger partial charge is 0.160 e. The fraction of sp³-hybridized carbons (Fsp3) is 0.0192. The van der Waals surface area contributed by atoms with E-state index in [0.29, 0.717) is 5.82 Å². The molecule has 0 saturated heterocycles. The third-order valence-corrected chi connectivity index (χ3v) is 10.6. The van der Waals surface area contributed by atoms with E-state index in [-0.39, 0.29) is 0 Å². The third-order valence-electron chi connectivity index (χ3n) is 10.6. The summed E-state index contributed by atoms with van der Waals surface area (Å²) in [4.78, 5) is 15.1. The maximum absolute atomic E-state index is 5.25.